The number of halogens is 2. The number of aliphatic hydroxyl groups is 1. The van der Waals surface area contributed by atoms with Gasteiger partial charge in [-0.2, -0.15) is 0 Å². The zero-order chi connectivity index (χ0) is 29.5. The molecule has 5 nitrogen and oxygen atoms in total. The van der Waals surface area contributed by atoms with Crippen LogP contribution < -0.4 is 15.4 Å². The first-order valence-corrected chi connectivity index (χ1v) is 14.5. The number of ether oxygens (including phenoxy) is 1. The Morgan fingerprint density at radius 2 is 1.61 bits per heavy atom. The number of carbonyl (C=O) groups is 1. The molecular weight excluding hydrogens is 522 g/mol. The molecule has 1 amide bonds. The fraction of sp³-hybridized carbons (Fsp3) is 0.441. The summed E-state index contributed by atoms with van der Waals surface area (Å²) >= 11 is 0. The second-order valence-electron chi connectivity index (χ2n) is 12.2. The Bertz CT molecular complexity index is 1270. The maximum absolute atomic E-state index is 14.0. The Labute approximate surface area is 242 Å². The molecule has 0 unspecified atom stereocenters. The lowest BCUT2D eigenvalue weighted by molar-refractivity contribution is -0.122. The van der Waals surface area contributed by atoms with Crippen molar-refractivity contribution in [2.45, 2.75) is 89.0 Å². The van der Waals surface area contributed by atoms with E-state index in [-0.39, 0.29) is 36.4 Å². The van der Waals surface area contributed by atoms with E-state index in [1.807, 2.05) is 63.2 Å². The van der Waals surface area contributed by atoms with Gasteiger partial charge in [0.1, 0.15) is 23.0 Å². The summed E-state index contributed by atoms with van der Waals surface area (Å²) in [4.78, 5) is 13.0. The van der Waals surface area contributed by atoms with E-state index in [9.17, 15) is 18.7 Å². The van der Waals surface area contributed by atoms with E-state index >= 15 is 0 Å². The Kier molecular flexibility index (Phi) is 10.2. The molecule has 4 rings (SSSR count). The normalized spacial score (nSPS) is 16.5. The van der Waals surface area contributed by atoms with Gasteiger partial charge >= 0.3 is 0 Å². The molecular formula is C34H42F2N2O3. The van der Waals surface area contributed by atoms with E-state index < -0.39 is 23.8 Å². The molecule has 0 heterocycles. The quantitative estimate of drug-likeness (QED) is 0.259. The molecule has 0 radical (unpaired) electrons. The number of hydrogen-bond acceptors (Lipinski definition) is 4. The molecule has 3 aromatic carbocycles. The summed E-state index contributed by atoms with van der Waals surface area (Å²) in [6.07, 6.45) is 4.26. The van der Waals surface area contributed by atoms with Crippen LogP contribution in [0.15, 0.2) is 72.8 Å². The molecule has 0 saturated heterocycles. The number of nitrogens with one attached hydrogen (secondary N) is 2. The third-order valence-corrected chi connectivity index (χ3v) is 7.56. The second kappa shape index (κ2) is 13.6. The molecule has 1 aliphatic carbocycles. The van der Waals surface area contributed by atoms with Crippen molar-refractivity contribution >= 4 is 5.91 Å². The zero-order valence-corrected chi connectivity index (χ0v) is 24.3. The average molecular weight is 565 g/mol. The van der Waals surface area contributed by atoms with E-state index in [4.69, 9.17) is 4.74 Å². The van der Waals surface area contributed by atoms with Crippen LogP contribution >= 0.6 is 0 Å². The number of hydrogen-bond donors (Lipinski definition) is 3. The fourth-order valence-corrected chi connectivity index (χ4v) is 5.68. The number of rotatable bonds is 11. The van der Waals surface area contributed by atoms with Crippen LogP contribution in [0, 0.1) is 11.6 Å². The fourth-order valence-electron chi connectivity index (χ4n) is 5.68. The third kappa shape index (κ3) is 9.10. The number of aliphatic hydroxyl groups excluding tert-OH is 1. The number of carbonyl (C=O) groups excluding carboxylic acids is 1. The Balaban J connectivity index is 1.53. The average Bonchev–Trinajstić information content (AvgIpc) is 2.91. The van der Waals surface area contributed by atoms with Gasteiger partial charge < -0.3 is 20.5 Å². The lowest BCUT2D eigenvalue weighted by atomic mass is 9.76. The summed E-state index contributed by atoms with van der Waals surface area (Å²) in [7, 11) is 0. The van der Waals surface area contributed by atoms with Crippen molar-refractivity contribution in [1.29, 1.82) is 0 Å². The molecule has 220 valence electrons. The van der Waals surface area contributed by atoms with Gasteiger partial charge in [-0.05, 0) is 81.0 Å². The van der Waals surface area contributed by atoms with Crippen molar-refractivity contribution in [1.82, 2.24) is 10.6 Å². The molecule has 0 aliphatic heterocycles. The molecule has 41 heavy (non-hydrogen) atoms. The van der Waals surface area contributed by atoms with E-state index in [1.165, 1.54) is 12.1 Å². The molecule has 0 spiro atoms. The SMILES string of the molecule is CC(C)(C)Oc1cccc(C2(NC[C@@H](O)[C@H](Cc3cc(F)cc(F)c3)NC(=O)Cc3ccccc3)CCCCC2)c1. The van der Waals surface area contributed by atoms with Crippen LogP contribution in [0.4, 0.5) is 8.78 Å². The van der Waals surface area contributed by atoms with Gasteiger partial charge in [0, 0.05) is 18.2 Å². The maximum Gasteiger partial charge on any atom is 0.224 e. The van der Waals surface area contributed by atoms with Gasteiger partial charge in [-0.15, -0.1) is 0 Å². The summed E-state index contributed by atoms with van der Waals surface area (Å²) in [5.74, 6) is -0.862. The summed E-state index contributed by atoms with van der Waals surface area (Å²) in [6, 6.07) is 20.0. The highest BCUT2D eigenvalue weighted by Gasteiger charge is 2.35. The van der Waals surface area contributed by atoms with Crippen LogP contribution in [0.5, 0.6) is 5.75 Å². The third-order valence-electron chi connectivity index (χ3n) is 7.56. The van der Waals surface area contributed by atoms with Gasteiger partial charge in [0.15, 0.2) is 0 Å². The molecule has 1 saturated carbocycles. The van der Waals surface area contributed by atoms with Crippen molar-refractivity contribution < 1.29 is 23.4 Å². The van der Waals surface area contributed by atoms with Crippen LogP contribution in [0.3, 0.4) is 0 Å². The summed E-state index contributed by atoms with van der Waals surface area (Å²) in [5.41, 5.74) is 1.62. The number of benzene rings is 3. The lowest BCUT2D eigenvalue weighted by Gasteiger charge is -2.40. The molecule has 2 atom stereocenters. The number of amides is 1. The molecule has 7 heteroatoms. The van der Waals surface area contributed by atoms with Crippen molar-refractivity contribution in [2.24, 2.45) is 0 Å². The second-order valence-corrected chi connectivity index (χ2v) is 12.2. The minimum atomic E-state index is -1.01. The minimum Gasteiger partial charge on any atom is -0.488 e. The first kappa shape index (κ1) is 30.7. The van der Waals surface area contributed by atoms with Crippen LogP contribution in [0.1, 0.15) is 69.6 Å². The smallest absolute Gasteiger partial charge is 0.224 e. The van der Waals surface area contributed by atoms with Crippen molar-refractivity contribution in [3.63, 3.8) is 0 Å². The maximum atomic E-state index is 14.0. The highest BCUT2D eigenvalue weighted by molar-refractivity contribution is 5.79. The van der Waals surface area contributed by atoms with Gasteiger partial charge in [0.05, 0.1) is 18.6 Å². The van der Waals surface area contributed by atoms with Gasteiger partial charge in [-0.25, -0.2) is 8.78 Å². The highest BCUT2D eigenvalue weighted by Crippen LogP contribution is 2.38. The van der Waals surface area contributed by atoms with Gasteiger partial charge in [0.2, 0.25) is 5.91 Å². The van der Waals surface area contributed by atoms with E-state index in [0.717, 1.165) is 55.0 Å². The zero-order valence-electron chi connectivity index (χ0n) is 24.3. The summed E-state index contributed by atoms with van der Waals surface area (Å²) in [5, 5.41) is 18.0. The highest BCUT2D eigenvalue weighted by atomic mass is 19.1. The lowest BCUT2D eigenvalue weighted by Crippen LogP contribution is -2.53. The molecule has 1 aliphatic rings. The largest absolute Gasteiger partial charge is 0.488 e. The molecule has 3 N–H and O–H groups in total. The summed E-state index contributed by atoms with van der Waals surface area (Å²) < 4.78 is 34.1. The van der Waals surface area contributed by atoms with Gasteiger partial charge in [-0.1, -0.05) is 61.7 Å². The van der Waals surface area contributed by atoms with Crippen LogP contribution in [-0.2, 0) is 23.2 Å². The molecule has 0 bridgehead atoms. The van der Waals surface area contributed by atoms with E-state index in [1.54, 1.807) is 0 Å². The first-order chi connectivity index (χ1) is 19.5. The Morgan fingerprint density at radius 3 is 2.27 bits per heavy atom. The predicted molar refractivity (Wildman–Crippen MR) is 158 cm³/mol. The predicted octanol–water partition coefficient (Wildman–Crippen LogP) is 6.22. The van der Waals surface area contributed by atoms with E-state index in [0.29, 0.717) is 5.56 Å². The minimum absolute atomic E-state index is 0.0833. The molecule has 0 aromatic heterocycles. The van der Waals surface area contributed by atoms with E-state index in [2.05, 4.69) is 22.8 Å². The monoisotopic (exact) mass is 564 g/mol. The standard InChI is InChI=1S/C34H42F2N2O3/c1-33(2,3)41-29-14-10-13-26(21-29)34(15-8-5-9-16-34)37-23-31(39)30(19-25-17-27(35)22-28(36)18-25)38-32(40)20-24-11-6-4-7-12-24/h4,6-7,10-14,17-18,21-22,30-31,37,39H,5,8-9,15-16,19-20,23H2,1-3H3,(H,38,40)/t30-,31+/m0/s1. The Morgan fingerprint density at radius 1 is 0.927 bits per heavy atom. The van der Waals surface area contributed by atoms with Crippen molar-refractivity contribution in [2.75, 3.05) is 6.54 Å². The summed E-state index contributed by atoms with van der Waals surface area (Å²) in [6.45, 7) is 6.24. The van der Waals surface area contributed by atoms with Gasteiger partial charge in [0.25, 0.3) is 0 Å². The first-order valence-electron chi connectivity index (χ1n) is 14.5. The molecule has 3 aromatic rings. The van der Waals surface area contributed by atoms with Crippen molar-refractivity contribution in [3.05, 3.63) is 101 Å². The van der Waals surface area contributed by atoms with Crippen LogP contribution in [-0.4, -0.2) is 35.3 Å². The van der Waals surface area contributed by atoms with Crippen LogP contribution in [0.2, 0.25) is 0 Å². The Hall–Kier alpha value is -3.29. The van der Waals surface area contributed by atoms with Gasteiger partial charge in [-0.3, -0.25) is 4.79 Å². The molecule has 1 fully saturated rings. The topological polar surface area (TPSA) is 70.6 Å². The van der Waals surface area contributed by atoms with Crippen molar-refractivity contribution in [3.8, 4) is 5.75 Å². The van der Waals surface area contributed by atoms with Crippen LogP contribution in [0.25, 0.3) is 0 Å².